The van der Waals surface area contributed by atoms with Crippen LogP contribution in [0.15, 0.2) is 24.5 Å². The second-order valence-electron chi connectivity index (χ2n) is 4.96. The Kier molecular flexibility index (Phi) is 3.11. The SMILES string of the molecule is CCCn1ncnc1CN1CCc2cc(N)ccc21. The number of fused-ring (bicyclic) bond motifs is 1. The summed E-state index contributed by atoms with van der Waals surface area (Å²) in [7, 11) is 0. The predicted molar refractivity (Wildman–Crippen MR) is 75.9 cm³/mol. The molecular formula is C14H19N5. The summed E-state index contributed by atoms with van der Waals surface area (Å²) in [5.41, 5.74) is 9.29. The molecule has 1 aliphatic rings. The Bertz CT molecular complexity index is 575. The number of benzene rings is 1. The molecule has 2 N–H and O–H groups in total. The van der Waals surface area contributed by atoms with Gasteiger partial charge in [-0.15, -0.1) is 0 Å². The standard InChI is InChI=1S/C14H19N5/c1-2-6-19-14(16-10-17-19)9-18-7-5-11-8-12(15)3-4-13(11)18/h3-4,8,10H,2,5-7,9,15H2,1H3. The van der Waals surface area contributed by atoms with Gasteiger partial charge in [0.1, 0.15) is 12.2 Å². The lowest BCUT2D eigenvalue weighted by atomic mass is 10.1. The van der Waals surface area contributed by atoms with Crippen LogP contribution in [0.25, 0.3) is 0 Å². The molecule has 1 aromatic heterocycles. The van der Waals surface area contributed by atoms with Crippen LogP contribution in [0.2, 0.25) is 0 Å². The molecule has 0 atom stereocenters. The first-order chi connectivity index (χ1) is 9.28. The van der Waals surface area contributed by atoms with Crippen molar-refractivity contribution in [2.45, 2.75) is 32.9 Å². The Balaban J connectivity index is 1.81. The van der Waals surface area contributed by atoms with Gasteiger partial charge in [0.15, 0.2) is 0 Å². The van der Waals surface area contributed by atoms with Crippen molar-refractivity contribution in [2.75, 3.05) is 17.2 Å². The molecule has 0 unspecified atom stereocenters. The molecule has 0 bridgehead atoms. The van der Waals surface area contributed by atoms with Crippen LogP contribution in [0, 0.1) is 0 Å². The minimum absolute atomic E-state index is 0.816. The van der Waals surface area contributed by atoms with E-state index < -0.39 is 0 Å². The zero-order valence-corrected chi connectivity index (χ0v) is 11.2. The maximum atomic E-state index is 5.83. The summed E-state index contributed by atoms with van der Waals surface area (Å²) in [5, 5.41) is 4.28. The highest BCUT2D eigenvalue weighted by Gasteiger charge is 2.20. The fourth-order valence-electron chi connectivity index (χ4n) is 2.63. The molecule has 0 saturated heterocycles. The van der Waals surface area contributed by atoms with Crippen LogP contribution in [0.5, 0.6) is 0 Å². The lowest BCUT2D eigenvalue weighted by Crippen LogP contribution is -2.22. The van der Waals surface area contributed by atoms with E-state index >= 15 is 0 Å². The third kappa shape index (κ3) is 2.28. The van der Waals surface area contributed by atoms with E-state index in [1.54, 1.807) is 6.33 Å². The molecule has 5 nitrogen and oxygen atoms in total. The number of hydrogen-bond donors (Lipinski definition) is 1. The first-order valence-corrected chi connectivity index (χ1v) is 6.78. The number of nitrogen functional groups attached to an aromatic ring is 1. The Morgan fingerprint density at radius 3 is 3.11 bits per heavy atom. The van der Waals surface area contributed by atoms with Crippen molar-refractivity contribution in [3.63, 3.8) is 0 Å². The average molecular weight is 257 g/mol. The third-order valence-corrected chi connectivity index (χ3v) is 3.56. The van der Waals surface area contributed by atoms with E-state index in [2.05, 4.69) is 34.0 Å². The van der Waals surface area contributed by atoms with Crippen LogP contribution in [0.1, 0.15) is 24.7 Å². The fraction of sp³-hybridized carbons (Fsp3) is 0.429. The normalized spacial score (nSPS) is 13.8. The van der Waals surface area contributed by atoms with E-state index in [9.17, 15) is 0 Å². The zero-order chi connectivity index (χ0) is 13.2. The van der Waals surface area contributed by atoms with Gasteiger partial charge in [0.05, 0.1) is 6.54 Å². The lowest BCUT2D eigenvalue weighted by Gasteiger charge is -2.19. The van der Waals surface area contributed by atoms with Crippen LogP contribution < -0.4 is 10.6 Å². The summed E-state index contributed by atoms with van der Waals surface area (Å²) in [6, 6.07) is 6.15. The number of aryl methyl sites for hydroxylation is 1. The molecule has 0 radical (unpaired) electrons. The molecule has 3 rings (SSSR count). The van der Waals surface area contributed by atoms with Crippen molar-refractivity contribution in [3.05, 3.63) is 35.9 Å². The molecule has 19 heavy (non-hydrogen) atoms. The van der Waals surface area contributed by atoms with Crippen LogP contribution in [0.3, 0.4) is 0 Å². The summed E-state index contributed by atoms with van der Waals surface area (Å²) < 4.78 is 2.00. The molecule has 2 heterocycles. The van der Waals surface area contributed by atoms with Crippen LogP contribution in [-0.4, -0.2) is 21.3 Å². The molecule has 2 aromatic rings. The topological polar surface area (TPSA) is 60.0 Å². The van der Waals surface area contributed by atoms with Gasteiger partial charge in [-0.05, 0) is 36.6 Å². The molecule has 5 heteroatoms. The van der Waals surface area contributed by atoms with Crippen molar-refractivity contribution in [3.8, 4) is 0 Å². The summed E-state index contributed by atoms with van der Waals surface area (Å²) in [4.78, 5) is 6.73. The van der Waals surface area contributed by atoms with E-state index in [1.807, 2.05) is 10.7 Å². The highest BCUT2D eigenvalue weighted by Crippen LogP contribution is 2.30. The van der Waals surface area contributed by atoms with Crippen molar-refractivity contribution in [2.24, 2.45) is 0 Å². The minimum Gasteiger partial charge on any atom is -0.399 e. The van der Waals surface area contributed by atoms with Crippen molar-refractivity contribution in [1.29, 1.82) is 0 Å². The summed E-state index contributed by atoms with van der Waals surface area (Å²) in [5.74, 6) is 1.03. The third-order valence-electron chi connectivity index (χ3n) is 3.56. The summed E-state index contributed by atoms with van der Waals surface area (Å²) in [6.45, 7) is 4.92. The maximum absolute atomic E-state index is 5.83. The minimum atomic E-state index is 0.816. The number of anilines is 2. The van der Waals surface area contributed by atoms with E-state index in [-0.39, 0.29) is 0 Å². The second-order valence-corrected chi connectivity index (χ2v) is 4.96. The number of rotatable bonds is 4. The van der Waals surface area contributed by atoms with Crippen molar-refractivity contribution in [1.82, 2.24) is 14.8 Å². The van der Waals surface area contributed by atoms with E-state index in [0.717, 1.165) is 44.0 Å². The Labute approximate surface area is 113 Å². The van der Waals surface area contributed by atoms with E-state index in [1.165, 1.54) is 11.3 Å². The predicted octanol–water partition coefficient (Wildman–Crippen LogP) is 1.83. The second kappa shape index (κ2) is 4.91. The first kappa shape index (κ1) is 12.0. The number of nitrogens with two attached hydrogens (primary N) is 1. The fourth-order valence-corrected chi connectivity index (χ4v) is 2.63. The maximum Gasteiger partial charge on any atom is 0.146 e. The summed E-state index contributed by atoms with van der Waals surface area (Å²) >= 11 is 0. The summed E-state index contributed by atoms with van der Waals surface area (Å²) in [6.07, 6.45) is 3.77. The number of nitrogens with zero attached hydrogens (tertiary/aromatic N) is 4. The molecule has 1 aliphatic heterocycles. The van der Waals surface area contributed by atoms with Crippen LogP contribution in [0.4, 0.5) is 11.4 Å². The van der Waals surface area contributed by atoms with Gasteiger partial charge in [0.2, 0.25) is 0 Å². The Morgan fingerprint density at radius 1 is 1.37 bits per heavy atom. The first-order valence-electron chi connectivity index (χ1n) is 6.78. The van der Waals surface area contributed by atoms with Crippen LogP contribution in [-0.2, 0) is 19.5 Å². The molecule has 100 valence electrons. The highest BCUT2D eigenvalue weighted by molar-refractivity contribution is 5.62. The number of aromatic nitrogens is 3. The van der Waals surface area contributed by atoms with E-state index in [0.29, 0.717) is 0 Å². The molecule has 0 amide bonds. The van der Waals surface area contributed by atoms with Crippen LogP contribution >= 0.6 is 0 Å². The smallest absolute Gasteiger partial charge is 0.146 e. The van der Waals surface area contributed by atoms with Gasteiger partial charge in [-0.3, -0.25) is 0 Å². The molecule has 0 spiro atoms. The highest BCUT2D eigenvalue weighted by atomic mass is 15.3. The lowest BCUT2D eigenvalue weighted by molar-refractivity contribution is 0.563. The quantitative estimate of drug-likeness (QED) is 0.849. The largest absolute Gasteiger partial charge is 0.399 e. The molecule has 1 aromatic carbocycles. The van der Waals surface area contributed by atoms with Gasteiger partial charge in [-0.2, -0.15) is 5.10 Å². The number of hydrogen-bond acceptors (Lipinski definition) is 4. The molecule has 0 saturated carbocycles. The molecule has 0 fully saturated rings. The van der Waals surface area contributed by atoms with E-state index in [4.69, 9.17) is 5.73 Å². The van der Waals surface area contributed by atoms with Gasteiger partial charge < -0.3 is 10.6 Å². The van der Waals surface area contributed by atoms with Gasteiger partial charge in [0, 0.05) is 24.5 Å². The monoisotopic (exact) mass is 257 g/mol. The Hall–Kier alpha value is -2.04. The van der Waals surface area contributed by atoms with Crippen molar-refractivity contribution < 1.29 is 0 Å². The zero-order valence-electron chi connectivity index (χ0n) is 11.2. The molecular weight excluding hydrogens is 238 g/mol. The van der Waals surface area contributed by atoms with Gasteiger partial charge in [-0.25, -0.2) is 9.67 Å². The van der Waals surface area contributed by atoms with Gasteiger partial charge in [-0.1, -0.05) is 6.92 Å². The average Bonchev–Trinajstić information content (AvgIpc) is 2.98. The molecule has 0 aliphatic carbocycles. The van der Waals surface area contributed by atoms with Gasteiger partial charge >= 0.3 is 0 Å². The van der Waals surface area contributed by atoms with Crippen molar-refractivity contribution >= 4 is 11.4 Å². The van der Waals surface area contributed by atoms with Gasteiger partial charge in [0.25, 0.3) is 0 Å². The Morgan fingerprint density at radius 2 is 2.26 bits per heavy atom.